The second-order valence-corrected chi connectivity index (χ2v) is 8.83. The molecule has 1 aliphatic heterocycles. The number of hydrogen-bond acceptors (Lipinski definition) is 3. The Morgan fingerprint density at radius 3 is 2.45 bits per heavy atom. The van der Waals surface area contributed by atoms with Gasteiger partial charge in [0.15, 0.2) is 0 Å². The van der Waals surface area contributed by atoms with Gasteiger partial charge in [-0.05, 0) is 34.7 Å². The van der Waals surface area contributed by atoms with Gasteiger partial charge in [0.05, 0.1) is 12.4 Å². The second-order valence-electron chi connectivity index (χ2n) is 8.83. The Morgan fingerprint density at radius 2 is 1.83 bits per heavy atom. The van der Waals surface area contributed by atoms with Crippen molar-refractivity contribution in [3.8, 4) is 0 Å². The van der Waals surface area contributed by atoms with Gasteiger partial charge in [0.1, 0.15) is 0 Å². The number of hydrogen-bond donors (Lipinski definition) is 1. The molecule has 0 radical (unpaired) electrons. The molecule has 150 valence electrons. The minimum Gasteiger partial charge on any atom is -0.363 e. The van der Waals surface area contributed by atoms with Gasteiger partial charge in [-0.3, -0.25) is 4.79 Å². The molecule has 3 aromatic rings. The lowest BCUT2D eigenvalue weighted by Crippen LogP contribution is -2.46. The Bertz CT molecular complexity index is 963. The molecule has 0 fully saturated rings. The van der Waals surface area contributed by atoms with Crippen molar-refractivity contribution in [2.45, 2.75) is 46.4 Å². The molecule has 2 aromatic carbocycles. The molecular weight excluding hydrogens is 360 g/mol. The first-order chi connectivity index (χ1) is 13.9. The molecule has 1 N–H and O–H groups in total. The minimum absolute atomic E-state index is 0.0103. The SMILES string of the molecule is CC(C)(C)[C@@H](Cn1ccnc1)NC(=O)c1cccc(N2Cc3ccccc3C2)c1. The predicted molar refractivity (Wildman–Crippen MR) is 116 cm³/mol. The maximum Gasteiger partial charge on any atom is 0.251 e. The number of carbonyl (C=O) groups excluding carboxylic acids is 1. The molecule has 0 saturated carbocycles. The minimum atomic E-state index is -0.0753. The topological polar surface area (TPSA) is 50.2 Å². The van der Waals surface area contributed by atoms with Crippen LogP contribution in [0.5, 0.6) is 0 Å². The van der Waals surface area contributed by atoms with Crippen LogP contribution >= 0.6 is 0 Å². The number of carbonyl (C=O) groups is 1. The van der Waals surface area contributed by atoms with Gasteiger partial charge in [-0.25, -0.2) is 4.98 Å². The Hall–Kier alpha value is -3.08. The number of rotatable bonds is 5. The van der Waals surface area contributed by atoms with Gasteiger partial charge in [0.25, 0.3) is 5.91 Å². The van der Waals surface area contributed by atoms with Crippen LogP contribution in [0.1, 0.15) is 42.3 Å². The molecule has 1 atom stereocenters. The normalized spacial score (nSPS) is 14.5. The fraction of sp³-hybridized carbons (Fsp3) is 0.333. The molecule has 0 unspecified atom stereocenters. The van der Waals surface area contributed by atoms with Gasteiger partial charge in [0, 0.05) is 43.3 Å². The number of anilines is 1. The van der Waals surface area contributed by atoms with Gasteiger partial charge < -0.3 is 14.8 Å². The highest BCUT2D eigenvalue weighted by atomic mass is 16.1. The average molecular weight is 389 g/mol. The summed E-state index contributed by atoms with van der Waals surface area (Å²) in [7, 11) is 0. The molecule has 29 heavy (non-hydrogen) atoms. The fourth-order valence-corrected chi connectivity index (χ4v) is 3.74. The van der Waals surface area contributed by atoms with Crippen LogP contribution in [-0.2, 0) is 19.6 Å². The lowest BCUT2D eigenvalue weighted by atomic mass is 9.86. The van der Waals surface area contributed by atoms with Crippen LogP contribution in [0.15, 0.2) is 67.3 Å². The summed E-state index contributed by atoms with van der Waals surface area (Å²) in [6.07, 6.45) is 5.48. The van der Waals surface area contributed by atoms with Crippen molar-refractivity contribution in [3.63, 3.8) is 0 Å². The maximum atomic E-state index is 13.1. The van der Waals surface area contributed by atoms with Crippen molar-refractivity contribution in [1.82, 2.24) is 14.9 Å². The van der Waals surface area contributed by atoms with Crippen molar-refractivity contribution in [2.75, 3.05) is 4.90 Å². The van der Waals surface area contributed by atoms with E-state index >= 15 is 0 Å². The van der Waals surface area contributed by atoms with Crippen LogP contribution in [0.2, 0.25) is 0 Å². The number of nitrogens with one attached hydrogen (secondary N) is 1. The summed E-state index contributed by atoms with van der Waals surface area (Å²) < 4.78 is 2.01. The monoisotopic (exact) mass is 388 g/mol. The fourth-order valence-electron chi connectivity index (χ4n) is 3.74. The van der Waals surface area contributed by atoms with Crippen LogP contribution in [0.25, 0.3) is 0 Å². The second kappa shape index (κ2) is 7.74. The lowest BCUT2D eigenvalue weighted by Gasteiger charge is -2.32. The van der Waals surface area contributed by atoms with E-state index in [1.165, 1.54) is 11.1 Å². The largest absolute Gasteiger partial charge is 0.363 e. The summed E-state index contributed by atoms with van der Waals surface area (Å²) in [6.45, 7) is 8.89. The zero-order valence-corrected chi connectivity index (χ0v) is 17.3. The summed E-state index contributed by atoms with van der Waals surface area (Å²) in [6, 6.07) is 16.4. The summed E-state index contributed by atoms with van der Waals surface area (Å²) in [5.74, 6) is -0.0383. The van der Waals surface area contributed by atoms with E-state index in [0.29, 0.717) is 12.1 Å². The highest BCUT2D eigenvalue weighted by Crippen LogP contribution is 2.29. The van der Waals surface area contributed by atoms with E-state index in [2.05, 4.69) is 66.3 Å². The van der Waals surface area contributed by atoms with Crippen LogP contribution < -0.4 is 10.2 Å². The third-order valence-corrected chi connectivity index (χ3v) is 5.62. The molecule has 2 heterocycles. The molecule has 0 bridgehead atoms. The summed E-state index contributed by atoms with van der Waals surface area (Å²) in [4.78, 5) is 19.5. The van der Waals surface area contributed by atoms with Crippen LogP contribution in [-0.4, -0.2) is 21.5 Å². The highest BCUT2D eigenvalue weighted by molar-refractivity contribution is 5.95. The maximum absolute atomic E-state index is 13.1. The summed E-state index contributed by atoms with van der Waals surface area (Å²) in [5, 5.41) is 3.24. The number of amides is 1. The molecule has 0 spiro atoms. The van der Waals surface area contributed by atoms with Crippen molar-refractivity contribution in [2.24, 2.45) is 5.41 Å². The van der Waals surface area contributed by atoms with E-state index in [1.807, 2.05) is 29.0 Å². The average Bonchev–Trinajstić information content (AvgIpc) is 3.36. The van der Waals surface area contributed by atoms with Gasteiger partial charge in [-0.15, -0.1) is 0 Å². The molecule has 5 heteroatoms. The molecule has 0 saturated heterocycles. The first kappa shape index (κ1) is 19.2. The third-order valence-electron chi connectivity index (χ3n) is 5.62. The smallest absolute Gasteiger partial charge is 0.251 e. The van der Waals surface area contributed by atoms with Crippen LogP contribution in [0.3, 0.4) is 0 Å². The Balaban J connectivity index is 1.49. The predicted octanol–water partition coefficient (Wildman–Crippen LogP) is 4.25. The Kier molecular flexibility index (Phi) is 5.14. The molecule has 1 amide bonds. The summed E-state index contributed by atoms with van der Waals surface area (Å²) >= 11 is 0. The quantitative estimate of drug-likeness (QED) is 0.711. The third kappa shape index (κ3) is 4.34. The number of nitrogens with zero attached hydrogens (tertiary/aromatic N) is 3. The van der Waals surface area contributed by atoms with Crippen LogP contribution in [0.4, 0.5) is 5.69 Å². The number of benzene rings is 2. The molecule has 4 rings (SSSR count). The van der Waals surface area contributed by atoms with E-state index in [1.54, 1.807) is 12.5 Å². The van der Waals surface area contributed by atoms with E-state index in [-0.39, 0.29) is 17.4 Å². The standard InChI is InChI=1S/C24H28N4O/c1-24(2,3)22(16-27-12-11-25-17-27)26-23(29)18-9-6-10-21(13-18)28-14-19-7-4-5-8-20(19)15-28/h4-13,17,22H,14-16H2,1-3H3,(H,26,29)/t22-/m1/s1. The zero-order valence-electron chi connectivity index (χ0n) is 17.3. The number of aromatic nitrogens is 2. The van der Waals surface area contributed by atoms with Crippen molar-refractivity contribution in [1.29, 1.82) is 0 Å². The highest BCUT2D eigenvalue weighted by Gasteiger charge is 2.27. The van der Waals surface area contributed by atoms with Gasteiger partial charge in [-0.2, -0.15) is 0 Å². The van der Waals surface area contributed by atoms with Crippen molar-refractivity contribution >= 4 is 11.6 Å². The van der Waals surface area contributed by atoms with Gasteiger partial charge in [0.2, 0.25) is 0 Å². The molecule has 1 aliphatic rings. The number of fused-ring (bicyclic) bond motifs is 1. The molecular formula is C24H28N4O. The summed E-state index contributed by atoms with van der Waals surface area (Å²) in [5.41, 5.74) is 4.41. The first-order valence-corrected chi connectivity index (χ1v) is 10.1. The van der Waals surface area contributed by atoms with Crippen LogP contribution in [0, 0.1) is 5.41 Å². The molecule has 0 aliphatic carbocycles. The van der Waals surface area contributed by atoms with E-state index < -0.39 is 0 Å². The zero-order chi connectivity index (χ0) is 20.4. The lowest BCUT2D eigenvalue weighted by molar-refractivity contribution is 0.0892. The first-order valence-electron chi connectivity index (χ1n) is 10.1. The number of imidazole rings is 1. The van der Waals surface area contributed by atoms with Gasteiger partial charge >= 0.3 is 0 Å². The molecule has 5 nitrogen and oxygen atoms in total. The Labute approximate surface area is 172 Å². The molecule has 1 aromatic heterocycles. The Morgan fingerprint density at radius 1 is 1.10 bits per heavy atom. The van der Waals surface area contributed by atoms with E-state index in [4.69, 9.17) is 0 Å². The van der Waals surface area contributed by atoms with Crippen molar-refractivity contribution < 1.29 is 4.79 Å². The van der Waals surface area contributed by atoms with Gasteiger partial charge in [-0.1, -0.05) is 51.1 Å². The van der Waals surface area contributed by atoms with Crippen molar-refractivity contribution in [3.05, 3.63) is 83.9 Å². The van der Waals surface area contributed by atoms with E-state index in [9.17, 15) is 4.79 Å². The van der Waals surface area contributed by atoms with E-state index in [0.717, 1.165) is 18.8 Å².